The highest BCUT2D eigenvalue weighted by Gasteiger charge is 2.40. The molecule has 0 aliphatic carbocycles. The maximum absolute atomic E-state index is 13.5. The Labute approximate surface area is 255 Å². The van der Waals surface area contributed by atoms with Crippen molar-refractivity contribution in [3.05, 3.63) is 51.9 Å². The lowest BCUT2D eigenvalue weighted by Gasteiger charge is -2.32. The summed E-state index contributed by atoms with van der Waals surface area (Å²) >= 11 is 0. The van der Waals surface area contributed by atoms with Crippen molar-refractivity contribution in [2.24, 2.45) is 0 Å². The normalized spacial score (nSPS) is 15.2. The molecule has 0 amide bonds. The quantitative estimate of drug-likeness (QED) is 0.122. The summed E-state index contributed by atoms with van der Waals surface area (Å²) in [4.78, 5) is 26.7. The summed E-state index contributed by atoms with van der Waals surface area (Å²) in [6.45, 7) is 12.1. The first-order valence-corrected chi connectivity index (χ1v) is 16.5. The minimum Gasteiger partial charge on any atom is -0.494 e. The van der Waals surface area contributed by atoms with Crippen LogP contribution < -0.4 is 10.1 Å². The minimum absolute atomic E-state index is 0.292. The number of methoxy groups -OCH3 is 1. The fraction of sp³-hybridized carbons (Fsp3) is 0.667. The average Bonchev–Trinajstić information content (AvgIpc) is 2.94. The molecule has 0 spiro atoms. The van der Waals surface area contributed by atoms with Crippen LogP contribution in [-0.4, -0.2) is 31.8 Å². The molecule has 0 bridgehead atoms. The summed E-state index contributed by atoms with van der Waals surface area (Å²) in [5.41, 5.74) is 4.13. The Morgan fingerprint density at radius 3 is 1.81 bits per heavy atom. The molecular formula is C36H57NO5. The van der Waals surface area contributed by atoms with Gasteiger partial charge in [0.1, 0.15) is 5.75 Å². The molecule has 2 rings (SSSR count). The first kappa shape index (κ1) is 35.4. The molecule has 1 aromatic rings. The molecule has 42 heavy (non-hydrogen) atoms. The Hall–Kier alpha value is -2.76. The van der Waals surface area contributed by atoms with Crippen LogP contribution in [-0.2, 0) is 25.5 Å². The van der Waals surface area contributed by atoms with Crippen molar-refractivity contribution in [2.75, 3.05) is 13.7 Å². The lowest BCUT2D eigenvalue weighted by atomic mass is 9.77. The lowest BCUT2D eigenvalue weighted by molar-refractivity contribution is -0.143. The lowest BCUT2D eigenvalue weighted by Crippen LogP contribution is -2.33. The van der Waals surface area contributed by atoms with Gasteiger partial charge < -0.3 is 19.5 Å². The van der Waals surface area contributed by atoms with Gasteiger partial charge in [0, 0.05) is 17.0 Å². The summed E-state index contributed by atoms with van der Waals surface area (Å²) in [5, 5.41) is 3.23. The molecule has 6 nitrogen and oxygen atoms in total. The number of nitrogens with one attached hydrogen (secondary N) is 1. The van der Waals surface area contributed by atoms with Gasteiger partial charge in [0.05, 0.1) is 36.9 Å². The van der Waals surface area contributed by atoms with E-state index in [1.165, 1.54) is 77.7 Å². The minimum atomic E-state index is -0.648. The second-order valence-electron chi connectivity index (χ2n) is 11.8. The SMILES string of the molecule is CCCCCCCCCCCCCCCc1cccc(OCC)c1C1C(C(=O)OC)=C(C)NC(C)=C1C(=O)OC(C)C. The van der Waals surface area contributed by atoms with E-state index in [1.807, 2.05) is 46.8 Å². The smallest absolute Gasteiger partial charge is 0.337 e. The highest BCUT2D eigenvalue weighted by atomic mass is 16.5. The molecule has 1 N–H and O–H groups in total. The molecule has 0 radical (unpaired) electrons. The van der Waals surface area contributed by atoms with Gasteiger partial charge >= 0.3 is 11.9 Å². The van der Waals surface area contributed by atoms with Crippen LogP contribution in [0.1, 0.15) is 142 Å². The molecule has 1 unspecified atom stereocenters. The van der Waals surface area contributed by atoms with E-state index >= 15 is 0 Å². The Bertz CT molecular complexity index is 1050. The number of hydrogen-bond donors (Lipinski definition) is 1. The fourth-order valence-corrected chi connectivity index (χ4v) is 5.96. The summed E-state index contributed by atoms with van der Waals surface area (Å²) in [6.07, 6.45) is 17.5. The monoisotopic (exact) mass is 583 g/mol. The molecule has 1 atom stereocenters. The Kier molecular flexibility index (Phi) is 16.4. The molecule has 6 heteroatoms. The fourth-order valence-electron chi connectivity index (χ4n) is 5.96. The van der Waals surface area contributed by atoms with Gasteiger partial charge in [-0.05, 0) is 59.1 Å². The van der Waals surface area contributed by atoms with E-state index < -0.39 is 17.9 Å². The number of benzene rings is 1. The van der Waals surface area contributed by atoms with Crippen LogP contribution >= 0.6 is 0 Å². The Morgan fingerprint density at radius 1 is 0.786 bits per heavy atom. The highest BCUT2D eigenvalue weighted by molar-refractivity contribution is 6.00. The molecule has 0 saturated carbocycles. The summed E-state index contributed by atoms with van der Waals surface area (Å²) in [6, 6.07) is 6.04. The van der Waals surface area contributed by atoms with Crippen molar-refractivity contribution in [3.8, 4) is 5.75 Å². The van der Waals surface area contributed by atoms with Crippen LogP contribution in [0.25, 0.3) is 0 Å². The van der Waals surface area contributed by atoms with Crippen LogP contribution in [0.5, 0.6) is 5.75 Å². The van der Waals surface area contributed by atoms with Crippen molar-refractivity contribution < 1.29 is 23.8 Å². The first-order valence-electron chi connectivity index (χ1n) is 16.5. The maximum atomic E-state index is 13.5. The van der Waals surface area contributed by atoms with Crippen molar-refractivity contribution in [3.63, 3.8) is 0 Å². The highest BCUT2D eigenvalue weighted by Crippen LogP contribution is 2.45. The molecule has 0 saturated heterocycles. The molecule has 0 fully saturated rings. The molecule has 236 valence electrons. The van der Waals surface area contributed by atoms with E-state index in [1.54, 1.807) is 0 Å². The van der Waals surface area contributed by atoms with Crippen LogP contribution in [0.2, 0.25) is 0 Å². The third kappa shape index (κ3) is 10.8. The zero-order valence-electron chi connectivity index (χ0n) is 27.5. The number of ether oxygens (including phenoxy) is 3. The number of allylic oxidation sites excluding steroid dienone is 2. The van der Waals surface area contributed by atoms with Gasteiger partial charge in [-0.2, -0.15) is 0 Å². The standard InChI is InChI=1S/C36H57NO5/c1-8-10-11-12-13-14-15-16-17-18-19-20-21-23-29-24-22-25-30(41-9-2)33(29)34-31(35(38)40-7)27(5)37-28(6)32(34)36(39)42-26(3)4/h22,24-26,34,37H,8-21,23H2,1-7H3. The van der Waals surface area contributed by atoms with Crippen molar-refractivity contribution >= 4 is 11.9 Å². The molecule has 0 aromatic heterocycles. The largest absolute Gasteiger partial charge is 0.494 e. The molecule has 1 heterocycles. The van der Waals surface area contributed by atoms with Crippen LogP contribution in [0.15, 0.2) is 40.7 Å². The summed E-state index contributed by atoms with van der Waals surface area (Å²) < 4.78 is 17.0. The van der Waals surface area contributed by atoms with Crippen molar-refractivity contribution in [1.29, 1.82) is 0 Å². The predicted octanol–water partition coefficient (Wildman–Crippen LogP) is 9.08. The van der Waals surface area contributed by atoms with Gasteiger partial charge in [0.2, 0.25) is 0 Å². The van der Waals surface area contributed by atoms with Crippen LogP contribution in [0.3, 0.4) is 0 Å². The van der Waals surface area contributed by atoms with E-state index in [4.69, 9.17) is 14.2 Å². The Balaban J connectivity index is 2.18. The number of carbonyl (C=O) groups excluding carboxylic acids is 2. The van der Waals surface area contributed by atoms with Gasteiger partial charge in [-0.25, -0.2) is 9.59 Å². The van der Waals surface area contributed by atoms with Crippen molar-refractivity contribution in [2.45, 2.75) is 143 Å². The van der Waals surface area contributed by atoms with E-state index in [9.17, 15) is 9.59 Å². The number of hydrogen-bond acceptors (Lipinski definition) is 6. The number of aryl methyl sites for hydroxylation is 1. The van der Waals surface area contributed by atoms with E-state index in [0.717, 1.165) is 30.4 Å². The number of carbonyl (C=O) groups is 2. The number of rotatable bonds is 20. The average molecular weight is 584 g/mol. The van der Waals surface area contributed by atoms with Gasteiger partial charge in [-0.3, -0.25) is 0 Å². The van der Waals surface area contributed by atoms with Gasteiger partial charge in [0.15, 0.2) is 0 Å². The molecule has 1 aliphatic heterocycles. The predicted molar refractivity (Wildman–Crippen MR) is 172 cm³/mol. The molecule has 1 aliphatic rings. The van der Waals surface area contributed by atoms with Crippen LogP contribution in [0.4, 0.5) is 0 Å². The van der Waals surface area contributed by atoms with E-state index in [0.29, 0.717) is 34.9 Å². The van der Waals surface area contributed by atoms with Gasteiger partial charge in [0.25, 0.3) is 0 Å². The zero-order chi connectivity index (χ0) is 30.9. The topological polar surface area (TPSA) is 73.9 Å². The maximum Gasteiger partial charge on any atom is 0.337 e. The first-order chi connectivity index (χ1) is 20.3. The second-order valence-corrected chi connectivity index (χ2v) is 11.8. The molecular weight excluding hydrogens is 526 g/mol. The van der Waals surface area contributed by atoms with Crippen molar-refractivity contribution in [1.82, 2.24) is 5.32 Å². The van der Waals surface area contributed by atoms with E-state index in [2.05, 4.69) is 18.3 Å². The summed E-state index contributed by atoms with van der Waals surface area (Å²) in [5.74, 6) is -0.865. The van der Waals surface area contributed by atoms with Gasteiger partial charge in [-0.1, -0.05) is 96.1 Å². The number of esters is 2. The number of dihydropyridines is 1. The van der Waals surface area contributed by atoms with Gasteiger partial charge in [-0.15, -0.1) is 0 Å². The van der Waals surface area contributed by atoms with E-state index in [-0.39, 0.29) is 6.10 Å². The third-order valence-corrected chi connectivity index (χ3v) is 8.02. The van der Waals surface area contributed by atoms with Crippen LogP contribution in [0, 0.1) is 0 Å². The third-order valence-electron chi connectivity index (χ3n) is 8.02. The summed E-state index contributed by atoms with van der Waals surface area (Å²) in [7, 11) is 1.37. The Morgan fingerprint density at radius 2 is 1.31 bits per heavy atom. The number of unbranched alkanes of at least 4 members (excludes halogenated alkanes) is 12. The second kappa shape index (κ2) is 19.4. The zero-order valence-corrected chi connectivity index (χ0v) is 27.5. The molecule has 1 aromatic carbocycles.